The van der Waals surface area contributed by atoms with E-state index in [1.807, 2.05) is 56.2 Å². The van der Waals surface area contributed by atoms with Crippen molar-refractivity contribution in [3.05, 3.63) is 75.7 Å². The summed E-state index contributed by atoms with van der Waals surface area (Å²) in [6.07, 6.45) is 0. The van der Waals surface area contributed by atoms with Crippen molar-refractivity contribution >= 4 is 22.9 Å². The number of aryl methyl sites for hydroxylation is 2. The lowest BCUT2D eigenvalue weighted by molar-refractivity contribution is 0.0979. The molecule has 0 bridgehead atoms. The van der Waals surface area contributed by atoms with Gasteiger partial charge in [0.2, 0.25) is 0 Å². The molecular formula is C22H24N2O2S. The van der Waals surface area contributed by atoms with Gasteiger partial charge in [0.1, 0.15) is 12.4 Å². The second-order valence-electron chi connectivity index (χ2n) is 6.86. The summed E-state index contributed by atoms with van der Waals surface area (Å²) >= 11 is 1.54. The van der Waals surface area contributed by atoms with Gasteiger partial charge in [0.15, 0.2) is 0 Å². The van der Waals surface area contributed by atoms with Crippen LogP contribution in [0.1, 0.15) is 41.0 Å². The Labute approximate surface area is 164 Å². The van der Waals surface area contributed by atoms with Crippen LogP contribution in [0.15, 0.2) is 53.4 Å². The number of benzene rings is 2. The molecule has 5 heteroatoms. The summed E-state index contributed by atoms with van der Waals surface area (Å²) in [6.45, 7) is 8.53. The molecule has 0 aliphatic carbocycles. The first-order chi connectivity index (χ1) is 13.0. The van der Waals surface area contributed by atoms with E-state index in [1.165, 1.54) is 11.3 Å². The van der Waals surface area contributed by atoms with Crippen LogP contribution in [0.2, 0.25) is 0 Å². The minimum atomic E-state index is -0.0298. The molecule has 2 aromatic carbocycles. The van der Waals surface area contributed by atoms with E-state index < -0.39 is 0 Å². The van der Waals surface area contributed by atoms with Gasteiger partial charge in [-0.15, -0.1) is 11.3 Å². The average Bonchev–Trinajstić information content (AvgIpc) is 3.16. The van der Waals surface area contributed by atoms with Gasteiger partial charge in [0.05, 0.1) is 11.2 Å². The topological polar surface area (TPSA) is 42.4 Å². The van der Waals surface area contributed by atoms with Gasteiger partial charge in [-0.2, -0.15) is 0 Å². The zero-order chi connectivity index (χ0) is 19.4. The summed E-state index contributed by atoms with van der Waals surface area (Å²) in [5.74, 6) is 0.635. The van der Waals surface area contributed by atoms with Crippen LogP contribution < -0.4 is 9.64 Å². The molecule has 4 nitrogen and oxygen atoms in total. The Morgan fingerprint density at radius 2 is 2.00 bits per heavy atom. The van der Waals surface area contributed by atoms with Gasteiger partial charge in [-0.1, -0.05) is 18.2 Å². The summed E-state index contributed by atoms with van der Waals surface area (Å²) < 4.78 is 5.80. The van der Waals surface area contributed by atoms with Crippen molar-refractivity contribution in [2.75, 3.05) is 4.90 Å². The summed E-state index contributed by atoms with van der Waals surface area (Å²) in [5, 5.41) is 1.95. The number of anilines is 1. The van der Waals surface area contributed by atoms with Crippen LogP contribution in [-0.2, 0) is 6.61 Å². The third kappa shape index (κ3) is 4.55. The van der Waals surface area contributed by atoms with Crippen LogP contribution in [0, 0.1) is 13.8 Å². The van der Waals surface area contributed by atoms with Crippen LogP contribution in [0.4, 0.5) is 5.69 Å². The van der Waals surface area contributed by atoms with Crippen molar-refractivity contribution in [3.63, 3.8) is 0 Å². The molecule has 0 saturated carbocycles. The Kier molecular flexibility index (Phi) is 5.91. The van der Waals surface area contributed by atoms with Crippen molar-refractivity contribution in [1.82, 2.24) is 4.98 Å². The fourth-order valence-electron chi connectivity index (χ4n) is 2.93. The maximum absolute atomic E-state index is 13.3. The fourth-order valence-corrected chi connectivity index (χ4v) is 3.47. The first-order valence-corrected chi connectivity index (χ1v) is 9.90. The number of aromatic nitrogens is 1. The molecule has 3 rings (SSSR count). The molecule has 0 fully saturated rings. The van der Waals surface area contributed by atoms with Gasteiger partial charge >= 0.3 is 0 Å². The molecule has 3 aromatic rings. The molecule has 1 amide bonds. The zero-order valence-corrected chi connectivity index (χ0v) is 16.9. The molecule has 1 heterocycles. The molecule has 0 N–H and O–H groups in total. The maximum atomic E-state index is 13.3. The minimum absolute atomic E-state index is 0.0298. The Morgan fingerprint density at radius 1 is 1.19 bits per heavy atom. The summed E-state index contributed by atoms with van der Waals surface area (Å²) in [6, 6.07) is 13.6. The van der Waals surface area contributed by atoms with Gasteiger partial charge in [-0.3, -0.25) is 4.79 Å². The monoisotopic (exact) mass is 380 g/mol. The SMILES string of the molecule is Cc1ccc(C)c(N(C(=O)c2cccc(OCc3cscn3)c2)C(C)C)c1. The molecule has 0 saturated heterocycles. The number of thiazole rings is 1. The minimum Gasteiger partial charge on any atom is -0.487 e. The Balaban J connectivity index is 1.86. The highest BCUT2D eigenvalue weighted by Crippen LogP contribution is 2.26. The Bertz CT molecular complexity index is 920. The third-order valence-corrected chi connectivity index (χ3v) is 4.95. The van der Waals surface area contributed by atoms with Crippen LogP contribution in [0.5, 0.6) is 5.75 Å². The van der Waals surface area contributed by atoms with Gasteiger partial charge < -0.3 is 9.64 Å². The van der Waals surface area contributed by atoms with E-state index in [-0.39, 0.29) is 11.9 Å². The first kappa shape index (κ1) is 19.1. The summed E-state index contributed by atoms with van der Waals surface area (Å²) in [7, 11) is 0. The smallest absolute Gasteiger partial charge is 0.258 e. The van der Waals surface area contributed by atoms with Crippen LogP contribution in [0.25, 0.3) is 0 Å². The quantitative estimate of drug-likeness (QED) is 0.575. The van der Waals surface area contributed by atoms with E-state index in [9.17, 15) is 4.79 Å². The Hall–Kier alpha value is -2.66. The average molecular weight is 381 g/mol. The van der Waals surface area contributed by atoms with Gasteiger partial charge in [0.25, 0.3) is 5.91 Å². The highest BCUT2D eigenvalue weighted by Gasteiger charge is 2.22. The summed E-state index contributed by atoms with van der Waals surface area (Å²) in [4.78, 5) is 19.4. The number of carbonyl (C=O) groups excluding carboxylic acids is 1. The second-order valence-corrected chi connectivity index (χ2v) is 7.57. The lowest BCUT2D eigenvalue weighted by Crippen LogP contribution is -2.37. The van der Waals surface area contributed by atoms with E-state index in [0.717, 1.165) is 22.5 Å². The second kappa shape index (κ2) is 8.35. The molecule has 27 heavy (non-hydrogen) atoms. The van der Waals surface area contributed by atoms with E-state index in [0.29, 0.717) is 17.9 Å². The number of hydrogen-bond donors (Lipinski definition) is 0. The van der Waals surface area contributed by atoms with Crippen LogP contribution >= 0.6 is 11.3 Å². The standard InChI is InChI=1S/C22H24N2O2S/c1-15(2)24(21-10-16(3)8-9-17(21)4)22(25)18-6-5-7-20(11-18)26-12-19-13-27-14-23-19/h5-11,13-15H,12H2,1-4H3. The predicted octanol–water partition coefficient (Wildman–Crippen LogP) is 5.39. The third-order valence-electron chi connectivity index (χ3n) is 4.31. The van der Waals surface area contributed by atoms with Gasteiger partial charge in [-0.05, 0) is 63.1 Å². The number of rotatable bonds is 6. The van der Waals surface area contributed by atoms with E-state index in [2.05, 4.69) is 23.2 Å². The first-order valence-electron chi connectivity index (χ1n) is 8.96. The lowest BCUT2D eigenvalue weighted by Gasteiger charge is -2.29. The number of carbonyl (C=O) groups is 1. The lowest BCUT2D eigenvalue weighted by atomic mass is 10.1. The highest BCUT2D eigenvalue weighted by molar-refractivity contribution is 7.07. The van der Waals surface area contributed by atoms with Gasteiger partial charge in [0, 0.05) is 22.7 Å². The zero-order valence-electron chi connectivity index (χ0n) is 16.1. The van der Waals surface area contributed by atoms with Crippen LogP contribution in [-0.4, -0.2) is 16.9 Å². The molecular weight excluding hydrogens is 356 g/mol. The van der Waals surface area contributed by atoms with Crippen molar-refractivity contribution in [2.45, 2.75) is 40.3 Å². The molecule has 0 unspecified atom stereocenters. The molecule has 0 aliphatic rings. The summed E-state index contributed by atoms with van der Waals surface area (Å²) in [5.41, 5.74) is 6.44. The molecule has 0 spiro atoms. The van der Waals surface area contributed by atoms with Crippen molar-refractivity contribution < 1.29 is 9.53 Å². The molecule has 1 aromatic heterocycles. The van der Waals surface area contributed by atoms with Crippen molar-refractivity contribution in [2.24, 2.45) is 0 Å². The molecule has 140 valence electrons. The van der Waals surface area contributed by atoms with Crippen molar-refractivity contribution in [1.29, 1.82) is 0 Å². The number of amides is 1. The molecule has 0 aliphatic heterocycles. The van der Waals surface area contributed by atoms with E-state index in [4.69, 9.17) is 4.74 Å². The van der Waals surface area contributed by atoms with Crippen LogP contribution in [0.3, 0.4) is 0 Å². The van der Waals surface area contributed by atoms with E-state index >= 15 is 0 Å². The fraction of sp³-hybridized carbons (Fsp3) is 0.273. The predicted molar refractivity (Wildman–Crippen MR) is 111 cm³/mol. The maximum Gasteiger partial charge on any atom is 0.258 e. The molecule has 0 atom stereocenters. The number of hydrogen-bond acceptors (Lipinski definition) is 4. The van der Waals surface area contributed by atoms with E-state index in [1.54, 1.807) is 11.6 Å². The number of ether oxygens (including phenoxy) is 1. The largest absolute Gasteiger partial charge is 0.487 e. The molecule has 0 radical (unpaired) electrons. The van der Waals surface area contributed by atoms with Gasteiger partial charge in [-0.25, -0.2) is 4.98 Å². The van der Waals surface area contributed by atoms with Crippen molar-refractivity contribution in [3.8, 4) is 5.75 Å². The Morgan fingerprint density at radius 3 is 2.70 bits per heavy atom. The normalized spacial score (nSPS) is 10.9. The highest BCUT2D eigenvalue weighted by atomic mass is 32.1. The number of nitrogens with zero attached hydrogens (tertiary/aromatic N) is 2.